The molecule has 1 fully saturated rings. The van der Waals surface area contributed by atoms with Gasteiger partial charge in [0.1, 0.15) is 6.04 Å². The largest absolute Gasteiger partial charge is 0.466 e. The summed E-state index contributed by atoms with van der Waals surface area (Å²) in [5, 5.41) is 4.11. The van der Waals surface area contributed by atoms with Crippen LogP contribution in [0.2, 0.25) is 0 Å². The highest BCUT2D eigenvalue weighted by molar-refractivity contribution is 5.69. The van der Waals surface area contributed by atoms with E-state index in [2.05, 4.69) is 15.0 Å². The molecular weight excluding hydrogens is 334 g/mol. The van der Waals surface area contributed by atoms with E-state index in [4.69, 9.17) is 14.0 Å². The Morgan fingerprint density at radius 2 is 2.15 bits per heavy atom. The molecule has 7 heteroatoms. The number of carbonyl (C=O) groups excluding carboxylic acids is 1. The zero-order chi connectivity index (χ0) is 18.2. The summed E-state index contributed by atoms with van der Waals surface area (Å²) in [7, 11) is 0. The number of hydrogen-bond donors (Lipinski definition) is 0. The fourth-order valence-corrected chi connectivity index (χ4v) is 3.03. The third-order valence-corrected chi connectivity index (χ3v) is 4.38. The Balaban J connectivity index is 1.57. The van der Waals surface area contributed by atoms with Gasteiger partial charge in [0, 0.05) is 18.5 Å². The topological polar surface area (TPSA) is 77.7 Å². The molecule has 1 aromatic carbocycles. The van der Waals surface area contributed by atoms with Crippen LogP contribution in [0.3, 0.4) is 0 Å². The maximum absolute atomic E-state index is 11.4. The number of aromatic nitrogens is 2. The zero-order valence-corrected chi connectivity index (χ0v) is 15.1. The maximum Gasteiger partial charge on any atom is 0.305 e. The summed E-state index contributed by atoms with van der Waals surface area (Å²) in [6.45, 7) is 5.15. The van der Waals surface area contributed by atoms with Gasteiger partial charge >= 0.3 is 5.97 Å². The minimum Gasteiger partial charge on any atom is -0.466 e. The van der Waals surface area contributed by atoms with Crippen molar-refractivity contribution < 1.29 is 18.8 Å². The quantitative estimate of drug-likeness (QED) is 0.530. The van der Waals surface area contributed by atoms with Crippen molar-refractivity contribution in [2.45, 2.75) is 32.2 Å². The van der Waals surface area contributed by atoms with E-state index in [0.717, 1.165) is 31.5 Å². The third-order valence-electron chi connectivity index (χ3n) is 4.38. The number of rotatable bonds is 8. The van der Waals surface area contributed by atoms with Crippen LogP contribution in [-0.2, 0) is 14.3 Å². The molecular formula is C19H25N3O4. The molecule has 1 aliphatic heterocycles. The average molecular weight is 359 g/mol. The first kappa shape index (κ1) is 18.5. The molecule has 3 rings (SSSR count). The predicted octanol–water partition coefficient (Wildman–Crippen LogP) is 2.84. The second-order valence-corrected chi connectivity index (χ2v) is 6.21. The summed E-state index contributed by atoms with van der Waals surface area (Å²) in [5.41, 5.74) is 0.931. The number of unbranched alkanes of at least 4 members (excludes halogenated alkanes) is 1. The van der Waals surface area contributed by atoms with Crippen molar-refractivity contribution in [3.8, 4) is 11.4 Å². The number of morpholine rings is 1. The molecule has 1 aliphatic rings. The number of ether oxygens (including phenoxy) is 2. The lowest BCUT2D eigenvalue weighted by atomic mass is 10.1. The maximum atomic E-state index is 11.4. The molecule has 1 atom stereocenters. The second-order valence-electron chi connectivity index (χ2n) is 6.21. The summed E-state index contributed by atoms with van der Waals surface area (Å²) < 4.78 is 16.1. The third kappa shape index (κ3) is 4.89. The van der Waals surface area contributed by atoms with Crippen molar-refractivity contribution in [1.82, 2.24) is 15.0 Å². The van der Waals surface area contributed by atoms with Crippen LogP contribution in [0.1, 0.15) is 38.1 Å². The predicted molar refractivity (Wildman–Crippen MR) is 95.4 cm³/mol. The van der Waals surface area contributed by atoms with Crippen LogP contribution in [0.15, 0.2) is 34.9 Å². The van der Waals surface area contributed by atoms with Gasteiger partial charge in [0.05, 0.1) is 19.8 Å². The average Bonchev–Trinajstić information content (AvgIpc) is 3.16. The zero-order valence-electron chi connectivity index (χ0n) is 15.1. The monoisotopic (exact) mass is 359 g/mol. The van der Waals surface area contributed by atoms with E-state index >= 15 is 0 Å². The molecule has 1 saturated heterocycles. The molecule has 2 heterocycles. The summed E-state index contributed by atoms with van der Waals surface area (Å²) in [5.74, 6) is 1.04. The molecule has 2 aromatic rings. The summed E-state index contributed by atoms with van der Waals surface area (Å²) >= 11 is 0. The lowest BCUT2D eigenvalue weighted by Gasteiger charge is -2.33. The number of nitrogens with zero attached hydrogens (tertiary/aromatic N) is 3. The van der Waals surface area contributed by atoms with Gasteiger partial charge in [-0.3, -0.25) is 9.69 Å². The highest BCUT2D eigenvalue weighted by Gasteiger charge is 2.29. The molecule has 140 valence electrons. The molecule has 0 aliphatic carbocycles. The van der Waals surface area contributed by atoms with E-state index in [9.17, 15) is 4.79 Å². The first-order valence-electron chi connectivity index (χ1n) is 9.14. The smallest absolute Gasteiger partial charge is 0.305 e. The minimum absolute atomic E-state index is 0.0451. The Hall–Kier alpha value is -2.25. The van der Waals surface area contributed by atoms with Crippen molar-refractivity contribution in [2.75, 3.05) is 32.9 Å². The fraction of sp³-hybridized carbons (Fsp3) is 0.526. The van der Waals surface area contributed by atoms with Crippen molar-refractivity contribution in [3.63, 3.8) is 0 Å². The molecule has 1 unspecified atom stereocenters. The lowest BCUT2D eigenvalue weighted by molar-refractivity contribution is -0.143. The van der Waals surface area contributed by atoms with Crippen molar-refractivity contribution in [1.29, 1.82) is 0 Å². The molecule has 1 aromatic heterocycles. The van der Waals surface area contributed by atoms with Crippen molar-refractivity contribution in [2.24, 2.45) is 0 Å². The molecule has 26 heavy (non-hydrogen) atoms. The molecule has 0 bridgehead atoms. The Kier molecular flexibility index (Phi) is 6.74. The Morgan fingerprint density at radius 3 is 2.96 bits per heavy atom. The van der Waals surface area contributed by atoms with Gasteiger partial charge in [0.15, 0.2) is 0 Å². The van der Waals surface area contributed by atoms with Crippen molar-refractivity contribution >= 4 is 5.97 Å². The lowest BCUT2D eigenvalue weighted by Crippen LogP contribution is -2.40. The standard InChI is InChI=1S/C19H25N3O4/c1-2-25-17(23)10-6-7-11-22-12-13-24-14-16(22)19-20-18(21-26-19)15-8-4-3-5-9-15/h3-5,8-9,16H,2,6-7,10-14H2,1H3. The minimum atomic E-state index is -0.129. The molecule has 0 saturated carbocycles. The molecule has 0 N–H and O–H groups in total. The molecule has 7 nitrogen and oxygen atoms in total. The van der Waals surface area contributed by atoms with Crippen LogP contribution in [0.4, 0.5) is 0 Å². The van der Waals surface area contributed by atoms with E-state index in [-0.39, 0.29) is 12.0 Å². The van der Waals surface area contributed by atoms with Gasteiger partial charge in [-0.1, -0.05) is 35.5 Å². The molecule has 0 spiro atoms. The first-order valence-corrected chi connectivity index (χ1v) is 9.14. The number of benzene rings is 1. The Labute approximate surface area is 153 Å². The number of esters is 1. The normalized spacial score (nSPS) is 18.0. The Morgan fingerprint density at radius 1 is 1.31 bits per heavy atom. The van der Waals surface area contributed by atoms with Gasteiger partial charge in [0.25, 0.3) is 0 Å². The van der Waals surface area contributed by atoms with E-state index in [1.165, 1.54) is 0 Å². The highest BCUT2D eigenvalue weighted by Crippen LogP contribution is 2.25. The Bertz CT molecular complexity index is 689. The molecule has 0 radical (unpaired) electrons. The van der Waals surface area contributed by atoms with Crippen molar-refractivity contribution in [3.05, 3.63) is 36.2 Å². The highest BCUT2D eigenvalue weighted by atomic mass is 16.5. The van der Waals surface area contributed by atoms with Crippen LogP contribution in [-0.4, -0.2) is 53.9 Å². The van der Waals surface area contributed by atoms with Crippen LogP contribution < -0.4 is 0 Å². The van der Waals surface area contributed by atoms with E-state index < -0.39 is 0 Å². The van der Waals surface area contributed by atoms with Gasteiger partial charge in [0.2, 0.25) is 11.7 Å². The van der Waals surface area contributed by atoms with Gasteiger partial charge in [-0.05, 0) is 26.3 Å². The first-order chi connectivity index (χ1) is 12.8. The van der Waals surface area contributed by atoms with Crippen LogP contribution in [0, 0.1) is 0 Å². The summed E-state index contributed by atoms with van der Waals surface area (Å²) in [6.07, 6.45) is 2.18. The van der Waals surface area contributed by atoms with E-state index in [0.29, 0.717) is 38.0 Å². The fourth-order valence-electron chi connectivity index (χ4n) is 3.03. The SMILES string of the molecule is CCOC(=O)CCCCN1CCOCC1c1nc(-c2ccccc2)no1. The van der Waals surface area contributed by atoms with Gasteiger partial charge in [-0.2, -0.15) is 4.98 Å². The van der Waals surface area contributed by atoms with E-state index in [1.54, 1.807) is 0 Å². The van der Waals surface area contributed by atoms with Crippen LogP contribution in [0.25, 0.3) is 11.4 Å². The van der Waals surface area contributed by atoms with Gasteiger partial charge < -0.3 is 14.0 Å². The van der Waals surface area contributed by atoms with Gasteiger partial charge in [-0.15, -0.1) is 0 Å². The van der Waals surface area contributed by atoms with E-state index in [1.807, 2.05) is 37.3 Å². The summed E-state index contributed by atoms with van der Waals surface area (Å²) in [6, 6.07) is 9.72. The summed E-state index contributed by atoms with van der Waals surface area (Å²) in [4.78, 5) is 18.3. The molecule has 0 amide bonds. The van der Waals surface area contributed by atoms with Crippen LogP contribution in [0.5, 0.6) is 0 Å². The number of carbonyl (C=O) groups is 1. The second kappa shape index (κ2) is 9.45. The number of hydrogen-bond acceptors (Lipinski definition) is 7. The van der Waals surface area contributed by atoms with Gasteiger partial charge in [-0.25, -0.2) is 0 Å². The van der Waals surface area contributed by atoms with Crippen LogP contribution >= 0.6 is 0 Å².